The van der Waals surface area contributed by atoms with Gasteiger partial charge in [0.2, 0.25) is 0 Å². The molecule has 0 saturated heterocycles. The van der Waals surface area contributed by atoms with Crippen molar-refractivity contribution in [2.45, 2.75) is 57.7 Å². The number of ether oxygens (including phenoxy) is 1. The van der Waals surface area contributed by atoms with E-state index in [2.05, 4.69) is 32.8 Å². The lowest BCUT2D eigenvalue weighted by Crippen LogP contribution is -2.45. The standard InChI is InChI=1S/C36H40FN7O4/c1-23-18-32(41-42(23)2)34(45)40-28-12-14-29(15-13-28)44-35(46)31-20-27(37)22-39-33(31)43(36(44)47)30-7-4-6-26(19-30)25-10-8-24(9-11-25)21-38-16-5-17-48-3/h4,6-11,18-20,22,28-29,38H,5,12-17,21H2,1-3H3,(H,40,45)/t28-,29+. The average Bonchev–Trinajstić information content (AvgIpc) is 3.44. The van der Waals surface area contributed by atoms with Gasteiger partial charge in [0, 0.05) is 45.1 Å². The van der Waals surface area contributed by atoms with Crippen molar-refractivity contribution in [2.75, 3.05) is 20.3 Å². The van der Waals surface area contributed by atoms with Crippen LogP contribution in [0.1, 0.15) is 59.9 Å². The van der Waals surface area contributed by atoms with Crippen LogP contribution in [0.2, 0.25) is 0 Å². The molecular formula is C36H40FN7O4. The van der Waals surface area contributed by atoms with Crippen molar-refractivity contribution in [3.8, 4) is 16.8 Å². The molecule has 1 amide bonds. The molecule has 2 aromatic carbocycles. The van der Waals surface area contributed by atoms with E-state index >= 15 is 0 Å². The number of carbonyl (C=O) groups is 1. The summed E-state index contributed by atoms with van der Waals surface area (Å²) in [6.45, 7) is 4.21. The number of nitrogens with one attached hydrogen (secondary N) is 2. The molecule has 0 bridgehead atoms. The third kappa shape index (κ3) is 6.99. The third-order valence-corrected chi connectivity index (χ3v) is 9.06. The number of aromatic nitrogens is 5. The number of fused-ring (bicyclic) bond motifs is 1. The van der Waals surface area contributed by atoms with Crippen LogP contribution in [0.5, 0.6) is 0 Å². The van der Waals surface area contributed by atoms with E-state index in [4.69, 9.17) is 4.74 Å². The van der Waals surface area contributed by atoms with Gasteiger partial charge in [-0.05, 0) is 86.5 Å². The van der Waals surface area contributed by atoms with Crippen LogP contribution in [-0.2, 0) is 18.3 Å². The fourth-order valence-electron chi connectivity index (χ4n) is 6.36. The molecule has 1 aliphatic rings. The van der Waals surface area contributed by atoms with E-state index in [1.807, 2.05) is 37.3 Å². The number of carbonyl (C=O) groups excluding carboxylic acids is 1. The van der Waals surface area contributed by atoms with Gasteiger partial charge in [-0.25, -0.2) is 18.7 Å². The molecule has 12 heteroatoms. The van der Waals surface area contributed by atoms with Crippen LogP contribution in [-0.4, -0.2) is 56.1 Å². The van der Waals surface area contributed by atoms with E-state index < -0.39 is 23.1 Å². The average molecular weight is 654 g/mol. The highest BCUT2D eigenvalue weighted by Gasteiger charge is 2.28. The summed E-state index contributed by atoms with van der Waals surface area (Å²) < 4.78 is 23.8. The Morgan fingerprint density at radius 2 is 1.79 bits per heavy atom. The number of pyridine rings is 1. The number of hydrogen-bond acceptors (Lipinski definition) is 7. The summed E-state index contributed by atoms with van der Waals surface area (Å²) in [4.78, 5) is 45.0. The van der Waals surface area contributed by atoms with Crippen LogP contribution < -0.4 is 21.9 Å². The second kappa shape index (κ2) is 14.4. The van der Waals surface area contributed by atoms with Crippen LogP contribution >= 0.6 is 0 Å². The summed E-state index contributed by atoms with van der Waals surface area (Å²) >= 11 is 0. The van der Waals surface area contributed by atoms with Crippen LogP contribution in [0.4, 0.5) is 4.39 Å². The SMILES string of the molecule is COCCCNCc1ccc(-c2cccc(-n3c(=O)n([C@H]4CC[C@@H](NC(=O)c5cc(C)n(C)n5)CC4)c(=O)c4cc(F)cnc43)c2)cc1. The van der Waals surface area contributed by atoms with Crippen molar-refractivity contribution < 1.29 is 13.9 Å². The predicted molar refractivity (Wildman–Crippen MR) is 182 cm³/mol. The van der Waals surface area contributed by atoms with Crippen molar-refractivity contribution in [1.82, 2.24) is 34.5 Å². The molecule has 0 spiro atoms. The first-order chi connectivity index (χ1) is 23.2. The molecule has 3 aromatic heterocycles. The van der Waals surface area contributed by atoms with E-state index in [1.165, 1.54) is 9.13 Å². The molecule has 1 saturated carbocycles. The fourth-order valence-corrected chi connectivity index (χ4v) is 6.36. The first kappa shape index (κ1) is 33.0. The largest absolute Gasteiger partial charge is 0.385 e. The Morgan fingerprint density at radius 3 is 2.50 bits per heavy atom. The smallest absolute Gasteiger partial charge is 0.337 e. The van der Waals surface area contributed by atoms with Crippen molar-refractivity contribution in [3.05, 3.63) is 110 Å². The fraction of sp³-hybridized carbons (Fsp3) is 0.361. The number of methoxy groups -OCH3 is 1. The maximum Gasteiger partial charge on any atom is 0.337 e. The number of benzene rings is 2. The Kier molecular flexibility index (Phi) is 9.93. The van der Waals surface area contributed by atoms with Crippen molar-refractivity contribution in [2.24, 2.45) is 7.05 Å². The summed E-state index contributed by atoms with van der Waals surface area (Å²) in [6, 6.07) is 18.0. The molecule has 0 radical (unpaired) electrons. The third-order valence-electron chi connectivity index (χ3n) is 9.06. The molecule has 6 rings (SSSR count). The molecule has 1 aliphatic carbocycles. The number of hydrogen-bond donors (Lipinski definition) is 2. The minimum absolute atomic E-state index is 0.0308. The Labute approximate surface area is 277 Å². The Morgan fingerprint density at radius 1 is 1.02 bits per heavy atom. The second-order valence-electron chi connectivity index (χ2n) is 12.4. The summed E-state index contributed by atoms with van der Waals surface area (Å²) in [7, 11) is 3.48. The molecule has 3 heterocycles. The van der Waals surface area contributed by atoms with Gasteiger partial charge in [-0.15, -0.1) is 0 Å². The van der Waals surface area contributed by atoms with E-state index in [1.54, 1.807) is 31.0 Å². The Balaban J connectivity index is 1.26. The minimum Gasteiger partial charge on any atom is -0.385 e. The lowest BCUT2D eigenvalue weighted by atomic mass is 9.90. The maximum absolute atomic E-state index is 14.5. The van der Waals surface area contributed by atoms with Crippen LogP contribution in [0.15, 0.2) is 76.4 Å². The number of halogens is 1. The van der Waals surface area contributed by atoms with E-state index in [0.29, 0.717) is 37.1 Å². The van der Waals surface area contributed by atoms with Gasteiger partial charge in [0.25, 0.3) is 11.5 Å². The van der Waals surface area contributed by atoms with Gasteiger partial charge in [0.15, 0.2) is 5.65 Å². The van der Waals surface area contributed by atoms with Gasteiger partial charge < -0.3 is 15.4 Å². The first-order valence-electron chi connectivity index (χ1n) is 16.3. The zero-order chi connectivity index (χ0) is 33.8. The molecule has 11 nitrogen and oxygen atoms in total. The molecule has 0 atom stereocenters. The number of amides is 1. The zero-order valence-electron chi connectivity index (χ0n) is 27.4. The quantitative estimate of drug-likeness (QED) is 0.202. The van der Waals surface area contributed by atoms with Crippen LogP contribution in [0, 0.1) is 12.7 Å². The van der Waals surface area contributed by atoms with Gasteiger partial charge in [-0.2, -0.15) is 5.10 Å². The highest BCUT2D eigenvalue weighted by molar-refractivity contribution is 5.92. The van der Waals surface area contributed by atoms with Gasteiger partial charge in [-0.1, -0.05) is 36.4 Å². The monoisotopic (exact) mass is 653 g/mol. The van der Waals surface area contributed by atoms with E-state index in [9.17, 15) is 18.8 Å². The first-order valence-corrected chi connectivity index (χ1v) is 16.3. The molecule has 0 aliphatic heterocycles. The summed E-state index contributed by atoms with van der Waals surface area (Å²) in [5, 5.41) is 10.7. The van der Waals surface area contributed by atoms with Gasteiger partial charge in [0.05, 0.1) is 17.3 Å². The molecule has 2 N–H and O–H groups in total. The maximum atomic E-state index is 14.5. The van der Waals surface area contributed by atoms with Crippen LogP contribution in [0.25, 0.3) is 27.8 Å². The molecule has 48 heavy (non-hydrogen) atoms. The highest BCUT2D eigenvalue weighted by atomic mass is 19.1. The normalized spacial score (nSPS) is 16.3. The topological polar surface area (TPSA) is 125 Å². The lowest BCUT2D eigenvalue weighted by Gasteiger charge is -2.30. The Hall–Kier alpha value is -4.94. The molecule has 0 unspecified atom stereocenters. The van der Waals surface area contributed by atoms with E-state index in [0.717, 1.165) is 60.8 Å². The molecule has 250 valence electrons. The second-order valence-corrected chi connectivity index (χ2v) is 12.4. The van der Waals surface area contributed by atoms with Crippen molar-refractivity contribution in [1.29, 1.82) is 0 Å². The highest BCUT2D eigenvalue weighted by Crippen LogP contribution is 2.28. The molecular weight excluding hydrogens is 613 g/mol. The minimum atomic E-state index is -0.658. The number of aryl methyl sites for hydroxylation is 2. The Bertz CT molecular complexity index is 2020. The van der Waals surface area contributed by atoms with Crippen molar-refractivity contribution in [3.63, 3.8) is 0 Å². The van der Waals surface area contributed by atoms with Crippen molar-refractivity contribution >= 4 is 16.9 Å². The lowest BCUT2D eigenvalue weighted by molar-refractivity contribution is 0.0916. The number of nitrogens with zero attached hydrogens (tertiary/aromatic N) is 5. The predicted octanol–water partition coefficient (Wildman–Crippen LogP) is 4.44. The van der Waals surface area contributed by atoms with Gasteiger partial charge in [0.1, 0.15) is 11.5 Å². The van der Waals surface area contributed by atoms with E-state index in [-0.39, 0.29) is 23.0 Å². The molecule has 5 aromatic rings. The summed E-state index contributed by atoms with van der Waals surface area (Å²) in [5.74, 6) is -0.910. The molecule has 1 fully saturated rings. The summed E-state index contributed by atoms with van der Waals surface area (Å²) in [5.41, 5.74) is 3.73. The van der Waals surface area contributed by atoms with Gasteiger partial charge in [-0.3, -0.25) is 18.8 Å². The van der Waals surface area contributed by atoms with Crippen LogP contribution in [0.3, 0.4) is 0 Å². The zero-order valence-corrected chi connectivity index (χ0v) is 27.4. The van der Waals surface area contributed by atoms with Gasteiger partial charge >= 0.3 is 5.69 Å². The summed E-state index contributed by atoms with van der Waals surface area (Å²) in [6.07, 6.45) is 4.08. The number of rotatable bonds is 11.